The summed E-state index contributed by atoms with van der Waals surface area (Å²) in [6.45, 7) is 5.96. The molecule has 0 radical (unpaired) electrons. The Hall–Kier alpha value is -2.40. The Morgan fingerprint density at radius 3 is 2.58 bits per heavy atom. The average Bonchev–Trinajstić information content (AvgIpc) is 3.42. The van der Waals surface area contributed by atoms with E-state index in [-0.39, 0.29) is 18.4 Å². The van der Waals surface area contributed by atoms with Gasteiger partial charge < -0.3 is 26.0 Å². The van der Waals surface area contributed by atoms with Gasteiger partial charge in [0.15, 0.2) is 0 Å². The number of fused-ring (bicyclic) bond motifs is 1. The lowest BCUT2D eigenvalue weighted by Crippen LogP contribution is -2.35. The molecule has 2 saturated carbocycles. The van der Waals surface area contributed by atoms with Gasteiger partial charge in [0.05, 0.1) is 33.8 Å². The van der Waals surface area contributed by atoms with Crippen molar-refractivity contribution >= 4 is 33.3 Å². The van der Waals surface area contributed by atoms with Crippen molar-refractivity contribution in [3.8, 4) is 10.6 Å². The van der Waals surface area contributed by atoms with Crippen molar-refractivity contribution < 1.29 is 15.3 Å². The number of aryl methyl sites for hydroxylation is 1. The second-order valence-electron chi connectivity index (χ2n) is 9.40. The Kier molecular flexibility index (Phi) is 5.94. The lowest BCUT2D eigenvalue weighted by molar-refractivity contribution is 0.00446. The predicted octanol–water partition coefficient (Wildman–Crippen LogP) is 2.67. The second kappa shape index (κ2) is 8.75. The number of rotatable bonds is 7. The Labute approximate surface area is 196 Å². The van der Waals surface area contributed by atoms with E-state index in [0.717, 1.165) is 45.0 Å². The van der Waals surface area contributed by atoms with Crippen LogP contribution in [0.4, 0.5) is 11.8 Å². The van der Waals surface area contributed by atoms with Crippen LogP contribution in [-0.2, 0) is 0 Å². The fraction of sp³-hybridized carbons (Fsp3) is 0.565. The Morgan fingerprint density at radius 1 is 1.12 bits per heavy atom. The van der Waals surface area contributed by atoms with Crippen molar-refractivity contribution in [2.24, 2.45) is 5.92 Å². The molecule has 9 nitrogen and oxygen atoms in total. The van der Waals surface area contributed by atoms with Gasteiger partial charge in [-0.1, -0.05) is 13.8 Å². The molecule has 4 unspecified atom stereocenters. The van der Waals surface area contributed by atoms with E-state index in [2.05, 4.69) is 29.5 Å². The fourth-order valence-electron chi connectivity index (χ4n) is 4.44. The quantitative estimate of drug-likeness (QED) is 0.353. The molecule has 0 spiro atoms. The number of aromatic nitrogens is 4. The molecule has 2 aliphatic rings. The highest BCUT2D eigenvalue weighted by Crippen LogP contribution is 2.39. The molecule has 10 heteroatoms. The first-order chi connectivity index (χ1) is 15.9. The number of pyridine rings is 1. The van der Waals surface area contributed by atoms with E-state index in [1.165, 1.54) is 0 Å². The second-order valence-corrected chi connectivity index (χ2v) is 10.4. The molecule has 3 aromatic rings. The smallest absolute Gasteiger partial charge is 0.225 e. The largest absolute Gasteiger partial charge is 0.396 e. The van der Waals surface area contributed by atoms with Crippen molar-refractivity contribution in [2.75, 3.05) is 17.2 Å². The maximum atomic E-state index is 10.6. The fourth-order valence-corrected chi connectivity index (χ4v) is 5.50. The normalized spacial score (nSPS) is 25.2. The van der Waals surface area contributed by atoms with E-state index in [0.29, 0.717) is 24.2 Å². The summed E-state index contributed by atoms with van der Waals surface area (Å²) in [5, 5.41) is 37.9. The first kappa shape index (κ1) is 22.4. The van der Waals surface area contributed by atoms with Gasteiger partial charge in [-0.05, 0) is 38.2 Å². The molecule has 4 atom stereocenters. The van der Waals surface area contributed by atoms with Gasteiger partial charge in [0, 0.05) is 24.8 Å². The SMILES string of the molecule is Cc1nc(NC2CC2)nc(NC2CC(CO)C(O)C2O)c1-c1nc2c(C(C)C)nccc2s1. The molecule has 0 bridgehead atoms. The summed E-state index contributed by atoms with van der Waals surface area (Å²) < 4.78 is 1.05. The summed E-state index contributed by atoms with van der Waals surface area (Å²) in [5.74, 6) is 0.974. The molecule has 5 rings (SSSR count). The molecule has 3 heterocycles. The van der Waals surface area contributed by atoms with Gasteiger partial charge in [-0.15, -0.1) is 11.3 Å². The number of nitrogens with one attached hydrogen (secondary N) is 2. The highest BCUT2D eigenvalue weighted by Gasteiger charge is 2.41. The van der Waals surface area contributed by atoms with Gasteiger partial charge in [-0.25, -0.2) is 9.97 Å². The Balaban J connectivity index is 1.58. The summed E-state index contributed by atoms with van der Waals surface area (Å²) in [6, 6.07) is 1.92. The molecule has 0 aliphatic heterocycles. The molecule has 2 aliphatic carbocycles. The van der Waals surface area contributed by atoms with Crippen molar-refractivity contribution in [3.63, 3.8) is 0 Å². The summed E-state index contributed by atoms with van der Waals surface area (Å²) in [7, 11) is 0. The van der Waals surface area contributed by atoms with Crippen LogP contribution in [0.25, 0.3) is 20.8 Å². The number of hydrogen-bond donors (Lipinski definition) is 5. The van der Waals surface area contributed by atoms with E-state index in [1.54, 1.807) is 11.3 Å². The predicted molar refractivity (Wildman–Crippen MR) is 129 cm³/mol. The standard InChI is InChI=1S/C23H30N6O3S/c1-10(2)17-18-15(6-7-24-17)33-22(28-18)16-11(3)25-23(26-13-4-5-13)29-21(16)27-14-8-12(9-30)19(31)20(14)32/h6-7,10,12-14,19-20,30-32H,4-5,8-9H2,1-3H3,(H2,25,26,27,29). The van der Waals surface area contributed by atoms with Crippen LogP contribution in [0.5, 0.6) is 0 Å². The molecule has 0 aromatic carbocycles. The zero-order valence-electron chi connectivity index (χ0n) is 19.0. The summed E-state index contributed by atoms with van der Waals surface area (Å²) >= 11 is 1.56. The van der Waals surface area contributed by atoms with E-state index >= 15 is 0 Å². The summed E-state index contributed by atoms with van der Waals surface area (Å²) in [5.41, 5.74) is 3.40. The van der Waals surface area contributed by atoms with Crippen LogP contribution in [0, 0.1) is 12.8 Å². The molecule has 33 heavy (non-hydrogen) atoms. The Morgan fingerprint density at radius 2 is 1.91 bits per heavy atom. The minimum atomic E-state index is -1.00. The zero-order valence-corrected chi connectivity index (χ0v) is 19.8. The first-order valence-corrected chi connectivity index (χ1v) is 12.3. The first-order valence-electron chi connectivity index (χ1n) is 11.5. The maximum Gasteiger partial charge on any atom is 0.225 e. The Bertz CT molecular complexity index is 1160. The molecular formula is C23H30N6O3S. The van der Waals surface area contributed by atoms with Gasteiger partial charge >= 0.3 is 0 Å². The number of aliphatic hydroxyl groups excluding tert-OH is 3. The molecule has 5 N–H and O–H groups in total. The third-order valence-corrected chi connectivity index (χ3v) is 7.49. The molecule has 0 amide bonds. The molecule has 0 saturated heterocycles. The highest BCUT2D eigenvalue weighted by molar-refractivity contribution is 7.21. The third kappa shape index (κ3) is 4.28. The van der Waals surface area contributed by atoms with Crippen LogP contribution in [0.3, 0.4) is 0 Å². The van der Waals surface area contributed by atoms with Crippen molar-refractivity contribution in [2.45, 2.75) is 70.2 Å². The van der Waals surface area contributed by atoms with Crippen molar-refractivity contribution in [3.05, 3.63) is 23.7 Å². The molecule has 2 fully saturated rings. The number of anilines is 2. The number of nitrogens with zero attached hydrogens (tertiary/aromatic N) is 4. The molecular weight excluding hydrogens is 440 g/mol. The monoisotopic (exact) mass is 470 g/mol. The van der Waals surface area contributed by atoms with E-state index in [1.807, 2.05) is 19.2 Å². The topological polar surface area (TPSA) is 136 Å². The molecule has 3 aromatic heterocycles. The summed E-state index contributed by atoms with van der Waals surface area (Å²) in [6.07, 6.45) is 2.47. The average molecular weight is 471 g/mol. The van der Waals surface area contributed by atoms with E-state index in [9.17, 15) is 15.3 Å². The van der Waals surface area contributed by atoms with Crippen LogP contribution in [0.1, 0.15) is 50.4 Å². The van der Waals surface area contributed by atoms with Crippen LogP contribution < -0.4 is 10.6 Å². The van der Waals surface area contributed by atoms with Crippen LogP contribution >= 0.6 is 11.3 Å². The van der Waals surface area contributed by atoms with Crippen LogP contribution in [0.2, 0.25) is 0 Å². The number of thiazole rings is 1. The van der Waals surface area contributed by atoms with Gasteiger partial charge in [0.25, 0.3) is 0 Å². The van der Waals surface area contributed by atoms with Gasteiger partial charge in [0.2, 0.25) is 5.95 Å². The summed E-state index contributed by atoms with van der Waals surface area (Å²) in [4.78, 5) is 18.9. The van der Waals surface area contributed by atoms with Gasteiger partial charge in [-0.3, -0.25) is 4.98 Å². The zero-order chi connectivity index (χ0) is 23.3. The maximum absolute atomic E-state index is 10.6. The third-order valence-electron chi connectivity index (χ3n) is 6.46. The minimum Gasteiger partial charge on any atom is -0.396 e. The van der Waals surface area contributed by atoms with Crippen LogP contribution in [-0.4, -0.2) is 66.2 Å². The van der Waals surface area contributed by atoms with E-state index in [4.69, 9.17) is 15.0 Å². The van der Waals surface area contributed by atoms with Gasteiger partial charge in [-0.2, -0.15) is 4.98 Å². The van der Waals surface area contributed by atoms with Crippen LogP contribution in [0.15, 0.2) is 12.3 Å². The highest BCUT2D eigenvalue weighted by atomic mass is 32.1. The minimum absolute atomic E-state index is 0.177. The lowest BCUT2D eigenvalue weighted by Gasteiger charge is -2.21. The lowest BCUT2D eigenvalue weighted by atomic mass is 10.1. The van der Waals surface area contributed by atoms with Crippen molar-refractivity contribution in [1.82, 2.24) is 19.9 Å². The van der Waals surface area contributed by atoms with Crippen molar-refractivity contribution in [1.29, 1.82) is 0 Å². The van der Waals surface area contributed by atoms with Gasteiger partial charge in [0.1, 0.15) is 22.4 Å². The van der Waals surface area contributed by atoms with E-state index < -0.39 is 18.2 Å². The number of hydrogen-bond acceptors (Lipinski definition) is 10. The number of aliphatic hydroxyl groups is 3. The molecule has 176 valence electrons.